The molecule has 0 fully saturated rings. The number of aliphatic carboxylic acids is 1. The maximum Gasteiger partial charge on any atom is 0.419 e. The van der Waals surface area contributed by atoms with E-state index < -0.39 is 35.0 Å². The first-order chi connectivity index (χ1) is 7.21. The molecule has 0 spiro atoms. The molecule has 1 N–H and O–H groups in total. The van der Waals surface area contributed by atoms with Crippen LogP contribution in [0.3, 0.4) is 0 Å². The Morgan fingerprint density at radius 3 is 2.38 bits per heavy atom. The van der Waals surface area contributed by atoms with Crippen molar-refractivity contribution in [1.82, 2.24) is 0 Å². The number of carbonyl (C=O) groups is 1. The first-order valence-corrected chi connectivity index (χ1v) is 4.36. The Morgan fingerprint density at radius 1 is 1.38 bits per heavy atom. The lowest BCUT2D eigenvalue weighted by atomic mass is 10.1. The Balaban J connectivity index is 3.22. The molecule has 16 heavy (non-hydrogen) atoms. The molecule has 0 amide bonds. The predicted molar refractivity (Wildman–Crippen MR) is 47.8 cm³/mol. The summed E-state index contributed by atoms with van der Waals surface area (Å²) in [5.74, 6) is -2.84. The van der Waals surface area contributed by atoms with E-state index in [9.17, 15) is 22.4 Å². The molecule has 1 rings (SSSR count). The number of halogens is 5. The van der Waals surface area contributed by atoms with Crippen LogP contribution in [0.1, 0.15) is 11.1 Å². The molecule has 0 heterocycles. The fraction of sp³-hybridized carbons (Fsp3) is 0.222. The summed E-state index contributed by atoms with van der Waals surface area (Å²) in [6, 6.07) is 0.869. The lowest BCUT2D eigenvalue weighted by molar-refractivity contribution is -0.140. The minimum absolute atomic E-state index is 0.195. The highest BCUT2D eigenvalue weighted by Crippen LogP contribution is 2.34. The van der Waals surface area contributed by atoms with E-state index in [1.807, 2.05) is 0 Å². The van der Waals surface area contributed by atoms with Gasteiger partial charge in [-0.15, -0.1) is 0 Å². The van der Waals surface area contributed by atoms with E-state index in [4.69, 9.17) is 16.7 Å². The molecule has 0 saturated carbocycles. The lowest BCUT2D eigenvalue weighted by Crippen LogP contribution is -2.10. The minimum atomic E-state index is -4.85. The molecular formula is C9H5ClF4O2. The van der Waals surface area contributed by atoms with Gasteiger partial charge in [0.15, 0.2) is 0 Å². The fourth-order valence-corrected chi connectivity index (χ4v) is 1.33. The lowest BCUT2D eigenvalue weighted by Gasteiger charge is -2.10. The summed E-state index contributed by atoms with van der Waals surface area (Å²) in [5.41, 5.74) is -1.70. The Kier molecular flexibility index (Phi) is 3.42. The quantitative estimate of drug-likeness (QED) is 0.826. The molecule has 88 valence electrons. The number of carboxylic acid groups (broad SMARTS) is 1. The molecule has 0 saturated heterocycles. The van der Waals surface area contributed by atoms with Gasteiger partial charge in [0.1, 0.15) is 5.82 Å². The average Bonchev–Trinajstić information content (AvgIpc) is 2.07. The number of benzene rings is 1. The third-order valence-corrected chi connectivity index (χ3v) is 2.14. The zero-order chi connectivity index (χ0) is 12.5. The fourth-order valence-electron chi connectivity index (χ4n) is 1.10. The largest absolute Gasteiger partial charge is 0.481 e. The molecule has 1 aromatic rings. The number of carboxylic acids is 1. The van der Waals surface area contributed by atoms with Crippen molar-refractivity contribution in [3.8, 4) is 0 Å². The third kappa shape index (κ3) is 2.85. The van der Waals surface area contributed by atoms with Gasteiger partial charge in [0.25, 0.3) is 0 Å². The van der Waals surface area contributed by atoms with E-state index in [1.54, 1.807) is 0 Å². The Morgan fingerprint density at radius 2 is 1.94 bits per heavy atom. The van der Waals surface area contributed by atoms with Crippen LogP contribution in [0, 0.1) is 5.82 Å². The maximum absolute atomic E-state index is 13.0. The van der Waals surface area contributed by atoms with E-state index in [0.717, 1.165) is 0 Å². The van der Waals surface area contributed by atoms with Crippen LogP contribution in [0.25, 0.3) is 0 Å². The first kappa shape index (κ1) is 12.8. The summed E-state index contributed by atoms with van der Waals surface area (Å²) in [6.07, 6.45) is -5.48. The average molecular weight is 257 g/mol. The molecule has 1 aromatic carbocycles. The van der Waals surface area contributed by atoms with Crippen molar-refractivity contribution in [2.75, 3.05) is 0 Å². The van der Waals surface area contributed by atoms with Crippen LogP contribution in [0.4, 0.5) is 17.6 Å². The Hall–Kier alpha value is -1.30. The third-order valence-electron chi connectivity index (χ3n) is 1.78. The van der Waals surface area contributed by atoms with Crippen LogP contribution in [0.15, 0.2) is 12.1 Å². The molecule has 0 aliphatic heterocycles. The van der Waals surface area contributed by atoms with Gasteiger partial charge in [0, 0.05) is 5.02 Å². The zero-order valence-electron chi connectivity index (χ0n) is 7.61. The number of hydrogen-bond acceptors (Lipinski definition) is 1. The van der Waals surface area contributed by atoms with Gasteiger partial charge in [-0.05, 0) is 17.7 Å². The second kappa shape index (κ2) is 4.29. The summed E-state index contributed by atoms with van der Waals surface area (Å²) >= 11 is 5.42. The summed E-state index contributed by atoms with van der Waals surface area (Å²) < 4.78 is 49.6. The van der Waals surface area contributed by atoms with Crippen molar-refractivity contribution in [1.29, 1.82) is 0 Å². The monoisotopic (exact) mass is 256 g/mol. The van der Waals surface area contributed by atoms with Crippen molar-refractivity contribution in [2.24, 2.45) is 0 Å². The van der Waals surface area contributed by atoms with Crippen molar-refractivity contribution in [2.45, 2.75) is 12.6 Å². The van der Waals surface area contributed by atoms with Crippen LogP contribution in [0.2, 0.25) is 5.02 Å². The van der Waals surface area contributed by atoms with E-state index in [1.165, 1.54) is 0 Å². The van der Waals surface area contributed by atoms with E-state index in [-0.39, 0.29) is 5.56 Å². The second-order valence-electron chi connectivity index (χ2n) is 2.99. The highest BCUT2D eigenvalue weighted by Gasteiger charge is 2.34. The van der Waals surface area contributed by atoms with Crippen molar-refractivity contribution in [3.63, 3.8) is 0 Å². The maximum atomic E-state index is 13.0. The van der Waals surface area contributed by atoms with Gasteiger partial charge in [0.2, 0.25) is 0 Å². The first-order valence-electron chi connectivity index (χ1n) is 3.98. The zero-order valence-corrected chi connectivity index (χ0v) is 8.36. The van der Waals surface area contributed by atoms with Gasteiger partial charge in [-0.1, -0.05) is 11.6 Å². The Bertz CT molecular complexity index is 428. The van der Waals surface area contributed by atoms with E-state index >= 15 is 0 Å². The van der Waals surface area contributed by atoms with Gasteiger partial charge < -0.3 is 5.11 Å². The number of rotatable bonds is 2. The molecule has 0 aliphatic rings. The van der Waals surface area contributed by atoms with Crippen LogP contribution in [0.5, 0.6) is 0 Å². The van der Waals surface area contributed by atoms with Crippen LogP contribution >= 0.6 is 11.6 Å². The molecule has 2 nitrogen and oxygen atoms in total. The van der Waals surface area contributed by atoms with Crippen molar-refractivity contribution in [3.05, 3.63) is 34.1 Å². The van der Waals surface area contributed by atoms with Crippen molar-refractivity contribution >= 4 is 17.6 Å². The van der Waals surface area contributed by atoms with E-state index in [2.05, 4.69) is 0 Å². The normalized spacial score (nSPS) is 11.6. The highest BCUT2D eigenvalue weighted by atomic mass is 35.5. The molecule has 0 aromatic heterocycles. The molecular weight excluding hydrogens is 252 g/mol. The van der Waals surface area contributed by atoms with Crippen LogP contribution in [-0.2, 0) is 17.4 Å². The smallest absolute Gasteiger partial charge is 0.419 e. The Labute approximate surface area is 92.4 Å². The summed E-state index contributed by atoms with van der Waals surface area (Å²) in [4.78, 5) is 10.3. The predicted octanol–water partition coefficient (Wildman–Crippen LogP) is 3.13. The van der Waals surface area contributed by atoms with Gasteiger partial charge >= 0.3 is 12.1 Å². The minimum Gasteiger partial charge on any atom is -0.481 e. The molecule has 7 heteroatoms. The van der Waals surface area contributed by atoms with Crippen molar-refractivity contribution < 1.29 is 27.5 Å². The number of alkyl halides is 3. The molecule has 0 atom stereocenters. The summed E-state index contributed by atoms with van der Waals surface area (Å²) in [5, 5.41) is 7.99. The highest BCUT2D eigenvalue weighted by molar-refractivity contribution is 6.31. The molecule has 0 aliphatic carbocycles. The summed E-state index contributed by atoms with van der Waals surface area (Å²) in [7, 11) is 0. The standard InChI is InChI=1S/C9H5ClF4O2/c10-6-3-5(9(12,13)14)7(11)1-4(6)2-8(15)16/h1,3H,2H2,(H,15,16). The van der Waals surface area contributed by atoms with Crippen LogP contribution < -0.4 is 0 Å². The van der Waals surface area contributed by atoms with Gasteiger partial charge in [0.05, 0.1) is 12.0 Å². The van der Waals surface area contributed by atoms with Crippen LogP contribution in [-0.4, -0.2) is 11.1 Å². The molecule has 0 unspecified atom stereocenters. The van der Waals surface area contributed by atoms with E-state index in [0.29, 0.717) is 12.1 Å². The topological polar surface area (TPSA) is 37.3 Å². The summed E-state index contributed by atoms with van der Waals surface area (Å²) in [6.45, 7) is 0. The molecule has 0 radical (unpaired) electrons. The number of hydrogen-bond donors (Lipinski definition) is 1. The van der Waals surface area contributed by atoms with Gasteiger partial charge in [-0.25, -0.2) is 4.39 Å². The van der Waals surface area contributed by atoms with Gasteiger partial charge in [-0.3, -0.25) is 4.79 Å². The second-order valence-corrected chi connectivity index (χ2v) is 3.40. The molecule has 0 bridgehead atoms. The SMILES string of the molecule is O=C(O)Cc1cc(F)c(C(F)(F)F)cc1Cl. The van der Waals surface area contributed by atoms with Gasteiger partial charge in [-0.2, -0.15) is 13.2 Å².